The average molecular weight is 399 g/mol. The summed E-state index contributed by atoms with van der Waals surface area (Å²) >= 11 is 0. The van der Waals surface area contributed by atoms with Crippen LogP contribution in [0.1, 0.15) is 15.9 Å². The van der Waals surface area contributed by atoms with Crippen molar-refractivity contribution in [3.63, 3.8) is 0 Å². The SMILES string of the molecule is O=C(O)c1cn(Cc2ccc(OC(F)(F)F)cc2)c2cc(F)c(F)cc2c1=O. The number of carboxylic acid groups (broad SMARTS) is 1. The number of benzene rings is 2. The van der Waals surface area contributed by atoms with Crippen LogP contribution in [0.25, 0.3) is 10.9 Å². The number of alkyl halides is 3. The molecule has 2 aromatic carbocycles. The van der Waals surface area contributed by atoms with E-state index in [4.69, 9.17) is 0 Å². The van der Waals surface area contributed by atoms with Crippen molar-refractivity contribution in [3.05, 3.63) is 75.6 Å². The molecule has 0 aliphatic rings. The Labute approximate surface area is 153 Å². The molecule has 0 aliphatic heterocycles. The number of hydrogen-bond donors (Lipinski definition) is 1. The highest BCUT2D eigenvalue weighted by atomic mass is 19.4. The second-order valence-electron chi connectivity index (χ2n) is 5.78. The molecule has 0 fully saturated rings. The zero-order chi connectivity index (χ0) is 20.6. The highest BCUT2D eigenvalue weighted by molar-refractivity contribution is 5.92. The summed E-state index contributed by atoms with van der Waals surface area (Å²) in [7, 11) is 0. The van der Waals surface area contributed by atoms with Gasteiger partial charge in [-0.3, -0.25) is 4.79 Å². The molecule has 28 heavy (non-hydrogen) atoms. The number of hydrogen-bond acceptors (Lipinski definition) is 3. The lowest BCUT2D eigenvalue weighted by Gasteiger charge is -2.14. The standard InChI is InChI=1S/C18H10F5NO4/c19-13-5-11-15(6-14(13)20)24(8-12(16(11)25)17(26)27)7-9-1-3-10(4-2-9)28-18(21,22)23/h1-6,8H,7H2,(H,26,27). The highest BCUT2D eigenvalue weighted by Crippen LogP contribution is 2.24. The van der Waals surface area contributed by atoms with Gasteiger partial charge in [0.15, 0.2) is 11.6 Å². The Balaban J connectivity index is 2.07. The van der Waals surface area contributed by atoms with Gasteiger partial charge in [-0.2, -0.15) is 0 Å². The second-order valence-corrected chi connectivity index (χ2v) is 5.78. The number of rotatable bonds is 4. The monoisotopic (exact) mass is 399 g/mol. The predicted molar refractivity (Wildman–Crippen MR) is 87.3 cm³/mol. The third kappa shape index (κ3) is 3.95. The van der Waals surface area contributed by atoms with Crippen molar-refractivity contribution in [2.75, 3.05) is 0 Å². The molecule has 3 aromatic rings. The lowest BCUT2D eigenvalue weighted by molar-refractivity contribution is -0.274. The molecule has 0 spiro atoms. The fourth-order valence-corrected chi connectivity index (χ4v) is 2.66. The largest absolute Gasteiger partial charge is 0.573 e. The van der Waals surface area contributed by atoms with Crippen LogP contribution in [0.3, 0.4) is 0 Å². The van der Waals surface area contributed by atoms with Gasteiger partial charge < -0.3 is 14.4 Å². The summed E-state index contributed by atoms with van der Waals surface area (Å²) in [6.45, 7) is -0.117. The molecule has 0 unspecified atom stereocenters. The third-order valence-corrected chi connectivity index (χ3v) is 3.86. The van der Waals surface area contributed by atoms with Crippen LogP contribution in [0, 0.1) is 11.6 Å². The number of aromatic carboxylic acids is 1. The summed E-state index contributed by atoms with van der Waals surface area (Å²) in [6.07, 6.45) is -3.89. The second kappa shape index (κ2) is 6.95. The van der Waals surface area contributed by atoms with Crippen LogP contribution < -0.4 is 10.2 Å². The molecule has 1 aromatic heterocycles. The van der Waals surface area contributed by atoms with Crippen LogP contribution in [0.15, 0.2) is 47.4 Å². The fraction of sp³-hybridized carbons (Fsp3) is 0.111. The lowest BCUT2D eigenvalue weighted by atomic mass is 10.1. The maximum atomic E-state index is 13.6. The summed E-state index contributed by atoms with van der Waals surface area (Å²) in [4.78, 5) is 23.5. The van der Waals surface area contributed by atoms with Gasteiger partial charge in [-0.05, 0) is 23.8 Å². The molecule has 5 nitrogen and oxygen atoms in total. The van der Waals surface area contributed by atoms with Gasteiger partial charge in [0.25, 0.3) is 0 Å². The number of halogens is 5. The summed E-state index contributed by atoms with van der Waals surface area (Å²) in [5.41, 5.74) is -1.30. The van der Waals surface area contributed by atoms with Gasteiger partial charge in [0.2, 0.25) is 5.43 Å². The van der Waals surface area contributed by atoms with Crippen LogP contribution in [0.5, 0.6) is 5.75 Å². The van der Waals surface area contributed by atoms with E-state index in [1.54, 1.807) is 0 Å². The van der Waals surface area contributed by atoms with Crippen molar-refractivity contribution in [2.24, 2.45) is 0 Å². The van der Waals surface area contributed by atoms with Gasteiger partial charge in [0.1, 0.15) is 11.3 Å². The minimum Gasteiger partial charge on any atom is -0.477 e. The van der Waals surface area contributed by atoms with Crippen molar-refractivity contribution in [1.29, 1.82) is 0 Å². The van der Waals surface area contributed by atoms with E-state index in [1.807, 2.05) is 0 Å². The molecule has 0 amide bonds. The molecular weight excluding hydrogens is 389 g/mol. The zero-order valence-corrected chi connectivity index (χ0v) is 13.8. The molecule has 1 N–H and O–H groups in total. The number of aromatic nitrogens is 1. The molecular formula is C18H10F5NO4. The van der Waals surface area contributed by atoms with Gasteiger partial charge in [-0.15, -0.1) is 13.2 Å². The quantitative estimate of drug-likeness (QED) is 0.676. The van der Waals surface area contributed by atoms with Crippen molar-refractivity contribution in [3.8, 4) is 5.75 Å². The first kappa shape index (κ1) is 19.3. The maximum Gasteiger partial charge on any atom is 0.573 e. The van der Waals surface area contributed by atoms with Gasteiger partial charge >= 0.3 is 12.3 Å². The smallest absolute Gasteiger partial charge is 0.477 e. The molecule has 0 saturated carbocycles. The number of fused-ring (bicyclic) bond motifs is 1. The van der Waals surface area contributed by atoms with Crippen molar-refractivity contribution in [1.82, 2.24) is 4.57 Å². The van der Waals surface area contributed by atoms with E-state index >= 15 is 0 Å². The summed E-state index contributed by atoms with van der Waals surface area (Å²) in [5.74, 6) is -4.57. The minimum absolute atomic E-state index is 0.0653. The first-order valence-corrected chi connectivity index (χ1v) is 7.65. The van der Waals surface area contributed by atoms with E-state index < -0.39 is 40.7 Å². The van der Waals surface area contributed by atoms with E-state index in [0.29, 0.717) is 11.6 Å². The number of pyridine rings is 1. The van der Waals surface area contributed by atoms with E-state index in [2.05, 4.69) is 4.74 Å². The average Bonchev–Trinajstić information content (AvgIpc) is 2.59. The number of carboxylic acids is 1. The Hall–Kier alpha value is -3.43. The van der Waals surface area contributed by atoms with E-state index in [9.17, 15) is 36.6 Å². The van der Waals surface area contributed by atoms with Crippen molar-refractivity contribution < 1.29 is 36.6 Å². The van der Waals surface area contributed by atoms with Crippen molar-refractivity contribution in [2.45, 2.75) is 12.9 Å². The van der Waals surface area contributed by atoms with Crippen molar-refractivity contribution >= 4 is 16.9 Å². The third-order valence-electron chi connectivity index (χ3n) is 3.86. The summed E-state index contributed by atoms with van der Waals surface area (Å²) in [6, 6.07) is 6.02. The molecule has 1 heterocycles. The summed E-state index contributed by atoms with van der Waals surface area (Å²) < 4.78 is 68.8. The predicted octanol–water partition coefficient (Wildman–Crippen LogP) is 3.92. The highest BCUT2D eigenvalue weighted by Gasteiger charge is 2.31. The van der Waals surface area contributed by atoms with Crippen LogP contribution >= 0.6 is 0 Å². The first-order valence-electron chi connectivity index (χ1n) is 7.65. The molecule has 0 bridgehead atoms. The Morgan fingerprint density at radius 3 is 2.25 bits per heavy atom. The number of nitrogens with zero attached hydrogens (tertiary/aromatic N) is 1. The van der Waals surface area contributed by atoms with Crippen LogP contribution in [0.2, 0.25) is 0 Å². The van der Waals surface area contributed by atoms with Gasteiger partial charge in [0.05, 0.1) is 5.52 Å². The minimum atomic E-state index is -4.85. The van der Waals surface area contributed by atoms with Crippen LogP contribution in [0.4, 0.5) is 22.0 Å². The Kier molecular flexibility index (Phi) is 4.80. The van der Waals surface area contributed by atoms with E-state index in [-0.39, 0.29) is 17.4 Å². The van der Waals surface area contributed by atoms with Gasteiger partial charge in [-0.25, -0.2) is 13.6 Å². The maximum absolute atomic E-state index is 13.6. The summed E-state index contributed by atoms with van der Waals surface area (Å²) in [5, 5.41) is 8.84. The molecule has 146 valence electrons. The molecule has 0 atom stereocenters. The number of ether oxygens (including phenoxy) is 1. The fourth-order valence-electron chi connectivity index (χ4n) is 2.66. The molecule has 0 saturated heterocycles. The van der Waals surface area contributed by atoms with Gasteiger partial charge in [-0.1, -0.05) is 12.1 Å². The Bertz CT molecular complexity index is 1120. The molecule has 0 radical (unpaired) electrons. The normalized spacial score (nSPS) is 11.6. The Morgan fingerprint density at radius 1 is 1.07 bits per heavy atom. The topological polar surface area (TPSA) is 68.5 Å². The van der Waals surface area contributed by atoms with Crippen LogP contribution in [-0.4, -0.2) is 22.0 Å². The number of carbonyl (C=O) groups is 1. The zero-order valence-electron chi connectivity index (χ0n) is 13.8. The van der Waals surface area contributed by atoms with Gasteiger partial charge in [0, 0.05) is 24.2 Å². The lowest BCUT2D eigenvalue weighted by Crippen LogP contribution is -2.20. The first-order chi connectivity index (χ1) is 13.0. The van der Waals surface area contributed by atoms with Crippen LogP contribution in [-0.2, 0) is 6.54 Å². The Morgan fingerprint density at radius 2 is 1.68 bits per heavy atom. The molecule has 3 rings (SSSR count). The van der Waals surface area contributed by atoms with E-state index in [0.717, 1.165) is 24.4 Å². The van der Waals surface area contributed by atoms with E-state index in [1.165, 1.54) is 16.7 Å². The molecule has 0 aliphatic carbocycles. The molecule has 10 heteroatoms.